The Morgan fingerprint density at radius 1 is 1.22 bits per heavy atom. The smallest absolute Gasteiger partial charge is 0.397 e. The van der Waals surface area contributed by atoms with Crippen LogP contribution >= 0.6 is 11.6 Å². The van der Waals surface area contributed by atoms with Crippen LogP contribution < -0.4 is 11.1 Å². The zero-order valence-electron chi connectivity index (χ0n) is 12.3. The summed E-state index contributed by atoms with van der Waals surface area (Å²) in [6, 6.07) is 9.11. The Morgan fingerprint density at radius 3 is 2.35 bits per heavy atom. The summed E-state index contributed by atoms with van der Waals surface area (Å²) >= 11 is 5.69. The van der Waals surface area contributed by atoms with Gasteiger partial charge < -0.3 is 16.2 Å². The lowest BCUT2D eigenvalue weighted by Crippen LogP contribution is -2.08. The lowest BCUT2D eigenvalue weighted by molar-refractivity contribution is -0.137. The average Bonchev–Trinajstić information content (AvgIpc) is 2.43. The fourth-order valence-corrected chi connectivity index (χ4v) is 2.41. The first-order valence-corrected chi connectivity index (χ1v) is 7.25. The lowest BCUT2D eigenvalue weighted by Gasteiger charge is -2.15. The van der Waals surface area contributed by atoms with Gasteiger partial charge in [0.1, 0.15) is 0 Å². The lowest BCUT2D eigenvalue weighted by atomic mass is 10.1. The van der Waals surface area contributed by atoms with Crippen molar-refractivity contribution in [3.8, 4) is 0 Å². The Bertz CT molecular complexity index is 685. The Labute approximate surface area is 136 Å². The Morgan fingerprint density at radius 2 is 1.83 bits per heavy atom. The third kappa shape index (κ3) is 4.53. The molecule has 0 spiro atoms. The topological polar surface area (TPSA) is 58.3 Å². The molecule has 0 radical (unpaired) electrons. The molecule has 0 aliphatic heterocycles. The molecule has 0 fully saturated rings. The van der Waals surface area contributed by atoms with E-state index in [1.165, 1.54) is 0 Å². The van der Waals surface area contributed by atoms with Crippen LogP contribution in [-0.4, -0.2) is 11.2 Å². The molecular weight excluding hydrogens is 329 g/mol. The summed E-state index contributed by atoms with van der Waals surface area (Å²) < 4.78 is 38.3. The summed E-state index contributed by atoms with van der Waals surface area (Å²) in [7, 11) is 0. The Balaban J connectivity index is 2.22. The van der Waals surface area contributed by atoms with Crippen LogP contribution in [0.2, 0.25) is 5.02 Å². The SMILES string of the molecule is C[C@@H](O)Cc1ccc(Nc2cc(Cl)c(C(F)(F)F)cc2N)cc1. The predicted molar refractivity (Wildman–Crippen MR) is 86.0 cm³/mol. The van der Waals surface area contributed by atoms with Crippen LogP contribution in [0.25, 0.3) is 0 Å². The monoisotopic (exact) mass is 344 g/mol. The average molecular weight is 345 g/mol. The summed E-state index contributed by atoms with van der Waals surface area (Å²) in [6.45, 7) is 1.69. The Hall–Kier alpha value is -1.92. The number of aliphatic hydroxyl groups excluding tert-OH is 1. The van der Waals surface area contributed by atoms with Crippen molar-refractivity contribution in [3.63, 3.8) is 0 Å². The van der Waals surface area contributed by atoms with Crippen LogP contribution in [0.3, 0.4) is 0 Å². The van der Waals surface area contributed by atoms with Gasteiger partial charge in [0.25, 0.3) is 0 Å². The van der Waals surface area contributed by atoms with Crippen LogP contribution in [0.4, 0.5) is 30.2 Å². The van der Waals surface area contributed by atoms with E-state index in [-0.39, 0.29) is 5.69 Å². The fraction of sp³-hybridized carbons (Fsp3) is 0.250. The number of rotatable bonds is 4. The van der Waals surface area contributed by atoms with Gasteiger partial charge >= 0.3 is 6.18 Å². The second-order valence-corrected chi connectivity index (χ2v) is 5.70. The van der Waals surface area contributed by atoms with E-state index in [1.807, 2.05) is 12.1 Å². The van der Waals surface area contributed by atoms with Crippen molar-refractivity contribution in [2.45, 2.75) is 25.6 Å². The summed E-state index contributed by atoms with van der Waals surface area (Å²) in [5.74, 6) is 0. The van der Waals surface area contributed by atoms with Gasteiger partial charge in [0, 0.05) is 5.69 Å². The maximum atomic E-state index is 12.8. The van der Waals surface area contributed by atoms with Gasteiger partial charge in [0.05, 0.1) is 28.1 Å². The van der Waals surface area contributed by atoms with Crippen LogP contribution in [-0.2, 0) is 12.6 Å². The maximum Gasteiger partial charge on any atom is 0.417 e. The molecule has 2 aromatic rings. The minimum absolute atomic E-state index is 0.0465. The van der Waals surface area contributed by atoms with Crippen LogP contribution in [0.1, 0.15) is 18.1 Å². The number of hydrogen-bond acceptors (Lipinski definition) is 3. The predicted octanol–water partition coefficient (Wildman–Crippen LogP) is 4.61. The number of benzene rings is 2. The van der Waals surface area contributed by atoms with E-state index in [0.717, 1.165) is 17.7 Å². The van der Waals surface area contributed by atoms with Crippen LogP contribution in [0, 0.1) is 0 Å². The van der Waals surface area contributed by atoms with Gasteiger partial charge in [-0.05, 0) is 43.2 Å². The van der Waals surface area contributed by atoms with E-state index in [0.29, 0.717) is 17.8 Å². The van der Waals surface area contributed by atoms with Crippen molar-refractivity contribution >= 4 is 28.7 Å². The molecule has 0 unspecified atom stereocenters. The standard InChI is InChI=1S/C16H16ClF3N2O/c1-9(23)6-10-2-4-11(5-3-10)22-15-8-13(17)12(7-14(15)21)16(18,19)20/h2-5,7-9,22-23H,6,21H2,1H3/t9-/m1/s1. The minimum atomic E-state index is -4.55. The van der Waals surface area contributed by atoms with E-state index < -0.39 is 22.9 Å². The number of alkyl halides is 3. The molecule has 1 atom stereocenters. The molecule has 0 aromatic heterocycles. The second kappa shape index (κ2) is 6.68. The molecule has 2 rings (SSSR count). The third-order valence-electron chi connectivity index (χ3n) is 3.21. The first kappa shape index (κ1) is 17.4. The molecule has 7 heteroatoms. The highest BCUT2D eigenvalue weighted by Gasteiger charge is 2.33. The molecule has 3 nitrogen and oxygen atoms in total. The third-order valence-corrected chi connectivity index (χ3v) is 3.52. The highest BCUT2D eigenvalue weighted by Crippen LogP contribution is 2.39. The van der Waals surface area contributed by atoms with E-state index in [2.05, 4.69) is 5.32 Å². The molecule has 0 heterocycles. The first-order chi connectivity index (χ1) is 10.7. The zero-order chi connectivity index (χ0) is 17.2. The van der Waals surface area contributed by atoms with Gasteiger partial charge in [0.15, 0.2) is 0 Å². The molecule has 2 aromatic carbocycles. The zero-order valence-corrected chi connectivity index (χ0v) is 13.0. The normalized spacial score (nSPS) is 13.0. The van der Waals surface area contributed by atoms with Crippen molar-refractivity contribution in [2.24, 2.45) is 0 Å². The number of halogens is 4. The summed E-state index contributed by atoms with van der Waals surface area (Å²) in [5, 5.41) is 11.8. The largest absolute Gasteiger partial charge is 0.417 e. The van der Waals surface area contributed by atoms with Gasteiger partial charge in [-0.2, -0.15) is 13.2 Å². The number of nitrogens with two attached hydrogens (primary N) is 1. The van der Waals surface area contributed by atoms with E-state index in [9.17, 15) is 18.3 Å². The summed E-state index contributed by atoms with van der Waals surface area (Å²) in [6.07, 6.45) is -4.47. The van der Waals surface area contributed by atoms with E-state index >= 15 is 0 Å². The van der Waals surface area contributed by atoms with Crippen molar-refractivity contribution < 1.29 is 18.3 Å². The van der Waals surface area contributed by atoms with Crippen molar-refractivity contribution in [1.29, 1.82) is 0 Å². The first-order valence-electron chi connectivity index (χ1n) is 6.87. The number of aliphatic hydroxyl groups is 1. The molecule has 0 bridgehead atoms. The highest BCUT2D eigenvalue weighted by molar-refractivity contribution is 6.32. The Kier molecular flexibility index (Phi) is 5.06. The highest BCUT2D eigenvalue weighted by atomic mass is 35.5. The molecular formula is C16H16ClF3N2O. The number of nitrogens with one attached hydrogen (secondary N) is 1. The molecule has 23 heavy (non-hydrogen) atoms. The summed E-state index contributed by atoms with van der Waals surface area (Å²) in [4.78, 5) is 0. The van der Waals surface area contributed by atoms with Crippen molar-refractivity contribution in [3.05, 3.63) is 52.5 Å². The van der Waals surface area contributed by atoms with Gasteiger partial charge in [-0.3, -0.25) is 0 Å². The molecule has 0 amide bonds. The maximum absolute atomic E-state index is 12.8. The fourth-order valence-electron chi connectivity index (χ4n) is 2.14. The van der Waals surface area contributed by atoms with Crippen LogP contribution in [0.15, 0.2) is 36.4 Å². The quantitative estimate of drug-likeness (QED) is 0.710. The second-order valence-electron chi connectivity index (χ2n) is 5.29. The van der Waals surface area contributed by atoms with Gasteiger partial charge in [-0.15, -0.1) is 0 Å². The van der Waals surface area contributed by atoms with Gasteiger partial charge in [-0.1, -0.05) is 23.7 Å². The van der Waals surface area contributed by atoms with E-state index in [4.69, 9.17) is 17.3 Å². The number of nitrogen functional groups attached to an aromatic ring is 1. The minimum Gasteiger partial charge on any atom is -0.397 e. The van der Waals surface area contributed by atoms with Crippen LogP contribution in [0.5, 0.6) is 0 Å². The van der Waals surface area contributed by atoms with E-state index in [1.54, 1.807) is 19.1 Å². The molecule has 0 aliphatic carbocycles. The molecule has 4 N–H and O–H groups in total. The van der Waals surface area contributed by atoms with Crippen molar-refractivity contribution in [2.75, 3.05) is 11.1 Å². The molecule has 0 aliphatic rings. The molecule has 0 saturated carbocycles. The molecule has 0 saturated heterocycles. The number of anilines is 3. The van der Waals surface area contributed by atoms with Gasteiger partial charge in [0.2, 0.25) is 0 Å². The van der Waals surface area contributed by atoms with Crippen molar-refractivity contribution in [1.82, 2.24) is 0 Å². The number of hydrogen-bond donors (Lipinski definition) is 3. The molecule has 124 valence electrons. The van der Waals surface area contributed by atoms with Gasteiger partial charge in [-0.25, -0.2) is 0 Å². The summed E-state index contributed by atoms with van der Waals surface area (Å²) in [5.41, 5.74) is 6.57.